The molecule has 8 heteroatoms. The minimum atomic E-state index is -0.236. The van der Waals surface area contributed by atoms with Gasteiger partial charge in [-0.1, -0.05) is 18.3 Å². The molecule has 0 aliphatic rings. The van der Waals surface area contributed by atoms with Crippen LogP contribution in [0, 0.1) is 0 Å². The number of aromatic nitrogens is 4. The normalized spacial score (nSPS) is 12.9. The second-order valence-corrected chi connectivity index (χ2v) is 5.28. The van der Waals surface area contributed by atoms with Gasteiger partial charge in [0.15, 0.2) is 5.75 Å². The summed E-state index contributed by atoms with van der Waals surface area (Å²) in [6.07, 6.45) is 1.67. The quantitative estimate of drug-likeness (QED) is 0.627. The molecule has 0 radical (unpaired) electrons. The van der Waals surface area contributed by atoms with Gasteiger partial charge in [-0.15, -0.1) is 5.10 Å². The standard InChI is InChI=1S/C11H18N6OS/c1-6(2)8-11(19-16-15-8)9(14-12)10-7(18-4)5-13-17(10)3/h5-6,9,14H,12H2,1-4H3. The number of ether oxygens (including phenoxy) is 1. The highest BCUT2D eigenvalue weighted by atomic mass is 32.1. The molecule has 2 rings (SSSR count). The Bertz CT molecular complexity index is 549. The summed E-state index contributed by atoms with van der Waals surface area (Å²) in [5.74, 6) is 6.69. The Labute approximate surface area is 115 Å². The van der Waals surface area contributed by atoms with Crippen LogP contribution in [0.25, 0.3) is 0 Å². The molecule has 0 amide bonds. The molecule has 0 aliphatic carbocycles. The Balaban J connectivity index is 2.50. The second-order valence-electron chi connectivity index (χ2n) is 4.50. The molecule has 1 unspecified atom stereocenters. The van der Waals surface area contributed by atoms with E-state index in [0.29, 0.717) is 5.75 Å². The van der Waals surface area contributed by atoms with Crippen LogP contribution >= 0.6 is 11.5 Å². The molecule has 2 aromatic heterocycles. The predicted molar refractivity (Wildman–Crippen MR) is 72.9 cm³/mol. The molecular formula is C11H18N6OS. The van der Waals surface area contributed by atoms with Crippen molar-refractivity contribution < 1.29 is 4.74 Å². The highest BCUT2D eigenvalue weighted by molar-refractivity contribution is 7.05. The average Bonchev–Trinajstić information content (AvgIpc) is 2.99. The van der Waals surface area contributed by atoms with Crippen molar-refractivity contribution in [3.05, 3.63) is 22.5 Å². The van der Waals surface area contributed by atoms with Gasteiger partial charge in [0.25, 0.3) is 0 Å². The summed E-state index contributed by atoms with van der Waals surface area (Å²) in [5, 5.41) is 8.38. The van der Waals surface area contributed by atoms with Gasteiger partial charge in [0.1, 0.15) is 11.7 Å². The Morgan fingerprint density at radius 2 is 2.21 bits per heavy atom. The molecule has 0 aromatic carbocycles. The maximum absolute atomic E-state index is 5.72. The Kier molecular flexibility index (Phi) is 4.13. The fraction of sp³-hybridized carbons (Fsp3) is 0.545. The molecule has 0 bridgehead atoms. The summed E-state index contributed by atoms with van der Waals surface area (Å²) in [4.78, 5) is 0.986. The van der Waals surface area contributed by atoms with Crippen molar-refractivity contribution in [3.8, 4) is 5.75 Å². The lowest BCUT2D eigenvalue weighted by molar-refractivity contribution is 0.401. The molecule has 2 aromatic rings. The molecule has 3 N–H and O–H groups in total. The summed E-state index contributed by atoms with van der Waals surface area (Å²) >= 11 is 1.34. The third kappa shape index (κ3) is 2.46. The number of hydrogen-bond acceptors (Lipinski definition) is 7. The van der Waals surface area contributed by atoms with Crippen LogP contribution in [-0.2, 0) is 7.05 Å². The topological polar surface area (TPSA) is 90.9 Å². The Hall–Kier alpha value is -1.51. The molecule has 1 atom stereocenters. The van der Waals surface area contributed by atoms with Crippen LogP contribution in [0.2, 0.25) is 0 Å². The highest BCUT2D eigenvalue weighted by Crippen LogP contribution is 2.34. The Morgan fingerprint density at radius 1 is 1.47 bits per heavy atom. The lowest BCUT2D eigenvalue weighted by Gasteiger charge is -2.17. The van der Waals surface area contributed by atoms with E-state index < -0.39 is 0 Å². The smallest absolute Gasteiger partial charge is 0.162 e. The summed E-state index contributed by atoms with van der Waals surface area (Å²) in [5.41, 5.74) is 4.61. The number of hydrogen-bond donors (Lipinski definition) is 2. The first-order valence-corrected chi connectivity index (χ1v) is 6.71. The molecule has 0 spiro atoms. The van der Waals surface area contributed by atoms with Crippen LogP contribution in [0.4, 0.5) is 0 Å². The first-order valence-electron chi connectivity index (χ1n) is 5.94. The average molecular weight is 282 g/mol. The summed E-state index contributed by atoms with van der Waals surface area (Å²) < 4.78 is 11.1. The molecule has 19 heavy (non-hydrogen) atoms. The van der Waals surface area contributed by atoms with E-state index in [1.54, 1.807) is 18.0 Å². The van der Waals surface area contributed by atoms with Crippen LogP contribution in [0.5, 0.6) is 5.75 Å². The molecule has 104 valence electrons. The third-order valence-electron chi connectivity index (χ3n) is 2.96. The minimum absolute atomic E-state index is 0.236. The second kappa shape index (κ2) is 5.64. The number of nitrogens with one attached hydrogen (secondary N) is 1. The number of nitrogens with zero attached hydrogens (tertiary/aromatic N) is 4. The maximum atomic E-state index is 5.72. The van der Waals surface area contributed by atoms with Gasteiger partial charge in [0.2, 0.25) is 0 Å². The molecular weight excluding hydrogens is 264 g/mol. The zero-order valence-corrected chi connectivity index (χ0v) is 12.2. The van der Waals surface area contributed by atoms with Gasteiger partial charge >= 0.3 is 0 Å². The van der Waals surface area contributed by atoms with E-state index in [2.05, 4.69) is 34.0 Å². The zero-order chi connectivity index (χ0) is 14.0. The zero-order valence-electron chi connectivity index (χ0n) is 11.4. The van der Waals surface area contributed by atoms with Crippen molar-refractivity contribution in [1.82, 2.24) is 24.8 Å². The van der Waals surface area contributed by atoms with E-state index >= 15 is 0 Å². The van der Waals surface area contributed by atoms with Gasteiger partial charge in [0, 0.05) is 7.05 Å². The van der Waals surface area contributed by atoms with Crippen LogP contribution in [0.1, 0.15) is 42.1 Å². The fourth-order valence-electron chi connectivity index (χ4n) is 2.00. The van der Waals surface area contributed by atoms with Crippen LogP contribution in [0.15, 0.2) is 6.20 Å². The summed E-state index contributed by atoms with van der Waals surface area (Å²) in [6, 6.07) is -0.236. The van der Waals surface area contributed by atoms with Gasteiger partial charge < -0.3 is 4.74 Å². The molecule has 0 saturated heterocycles. The SMILES string of the molecule is COc1cnn(C)c1C(NN)c1snnc1C(C)C. The van der Waals surface area contributed by atoms with Gasteiger partial charge in [-0.3, -0.25) is 10.5 Å². The van der Waals surface area contributed by atoms with Gasteiger partial charge in [0.05, 0.1) is 23.9 Å². The first kappa shape index (κ1) is 13.9. The van der Waals surface area contributed by atoms with Gasteiger partial charge in [-0.05, 0) is 17.5 Å². The van der Waals surface area contributed by atoms with E-state index in [1.165, 1.54) is 11.5 Å². The molecule has 0 saturated carbocycles. The Morgan fingerprint density at radius 3 is 2.79 bits per heavy atom. The van der Waals surface area contributed by atoms with Crippen molar-refractivity contribution in [1.29, 1.82) is 0 Å². The largest absolute Gasteiger partial charge is 0.493 e. The van der Waals surface area contributed by atoms with Crippen molar-refractivity contribution in [3.63, 3.8) is 0 Å². The molecule has 0 aliphatic heterocycles. The summed E-state index contributed by atoms with van der Waals surface area (Å²) in [6.45, 7) is 4.16. The number of aryl methyl sites for hydroxylation is 1. The number of hydrazine groups is 1. The van der Waals surface area contributed by atoms with Crippen molar-refractivity contribution >= 4 is 11.5 Å². The van der Waals surface area contributed by atoms with E-state index in [-0.39, 0.29) is 12.0 Å². The third-order valence-corrected chi connectivity index (χ3v) is 3.76. The van der Waals surface area contributed by atoms with E-state index in [0.717, 1.165) is 16.3 Å². The number of methoxy groups -OCH3 is 1. The van der Waals surface area contributed by atoms with Crippen LogP contribution in [-0.4, -0.2) is 26.5 Å². The summed E-state index contributed by atoms with van der Waals surface area (Å²) in [7, 11) is 3.47. The maximum Gasteiger partial charge on any atom is 0.162 e. The van der Waals surface area contributed by atoms with E-state index in [9.17, 15) is 0 Å². The highest BCUT2D eigenvalue weighted by Gasteiger charge is 2.27. The first-order chi connectivity index (χ1) is 9.10. The number of rotatable bonds is 5. The van der Waals surface area contributed by atoms with E-state index in [4.69, 9.17) is 10.6 Å². The van der Waals surface area contributed by atoms with Crippen molar-refractivity contribution in [2.45, 2.75) is 25.8 Å². The van der Waals surface area contributed by atoms with Crippen molar-refractivity contribution in [2.24, 2.45) is 12.9 Å². The van der Waals surface area contributed by atoms with Gasteiger partial charge in [-0.2, -0.15) is 5.10 Å². The van der Waals surface area contributed by atoms with E-state index in [1.807, 2.05) is 7.05 Å². The molecule has 2 heterocycles. The van der Waals surface area contributed by atoms with Gasteiger partial charge in [-0.25, -0.2) is 5.43 Å². The van der Waals surface area contributed by atoms with Crippen molar-refractivity contribution in [2.75, 3.05) is 7.11 Å². The van der Waals surface area contributed by atoms with Crippen LogP contribution < -0.4 is 16.0 Å². The predicted octanol–water partition coefficient (Wildman–Crippen LogP) is 0.956. The lowest BCUT2D eigenvalue weighted by Crippen LogP contribution is -2.31. The fourth-order valence-corrected chi connectivity index (χ4v) is 2.87. The minimum Gasteiger partial charge on any atom is -0.493 e. The molecule has 0 fully saturated rings. The lowest BCUT2D eigenvalue weighted by atomic mass is 10.0. The van der Waals surface area contributed by atoms with Crippen LogP contribution in [0.3, 0.4) is 0 Å². The monoisotopic (exact) mass is 282 g/mol. The molecule has 7 nitrogen and oxygen atoms in total. The number of nitrogens with two attached hydrogens (primary N) is 1.